The van der Waals surface area contributed by atoms with E-state index in [0.29, 0.717) is 18.1 Å². The number of halogens is 1. The lowest BCUT2D eigenvalue weighted by Gasteiger charge is -2.12. The Morgan fingerprint density at radius 3 is 2.95 bits per heavy atom. The number of fused-ring (bicyclic) bond motifs is 1. The smallest absolute Gasteiger partial charge is 0.263 e. The first-order valence-electron chi connectivity index (χ1n) is 7.24. The van der Waals surface area contributed by atoms with E-state index in [4.69, 9.17) is 0 Å². The van der Waals surface area contributed by atoms with Crippen LogP contribution in [0.5, 0.6) is 0 Å². The van der Waals surface area contributed by atoms with Crippen molar-refractivity contribution in [3.8, 4) is 0 Å². The van der Waals surface area contributed by atoms with Crippen molar-refractivity contribution in [2.45, 2.75) is 45.6 Å². The summed E-state index contributed by atoms with van der Waals surface area (Å²) in [6.45, 7) is 2.81. The van der Waals surface area contributed by atoms with Crippen LogP contribution >= 0.6 is 0 Å². The second-order valence-corrected chi connectivity index (χ2v) is 5.52. The quantitative estimate of drug-likeness (QED) is 0.843. The first-order chi connectivity index (χ1) is 9.69. The van der Waals surface area contributed by atoms with Gasteiger partial charge in [-0.15, -0.1) is 0 Å². The van der Waals surface area contributed by atoms with E-state index in [-0.39, 0.29) is 10.9 Å². The normalized spacial score (nSPS) is 14.9. The highest BCUT2D eigenvalue weighted by molar-refractivity contribution is 5.73. The summed E-state index contributed by atoms with van der Waals surface area (Å²) in [6, 6.07) is 1.24. The van der Waals surface area contributed by atoms with Crippen LogP contribution in [0.25, 0.3) is 11.0 Å². The zero-order valence-electron chi connectivity index (χ0n) is 11.6. The molecular weight excluding hydrogens is 257 g/mol. The monoisotopic (exact) mass is 275 g/mol. The molecular formula is C15H18FN3O. The molecule has 106 valence electrons. The van der Waals surface area contributed by atoms with Crippen molar-refractivity contribution in [2.24, 2.45) is 5.92 Å². The molecule has 0 aliphatic heterocycles. The average Bonchev–Trinajstić information content (AvgIpc) is 3.25. The molecule has 3 rings (SSSR count). The van der Waals surface area contributed by atoms with Gasteiger partial charge in [-0.1, -0.05) is 13.3 Å². The van der Waals surface area contributed by atoms with Crippen molar-refractivity contribution in [1.29, 1.82) is 0 Å². The van der Waals surface area contributed by atoms with Crippen LogP contribution in [0.15, 0.2) is 17.1 Å². The van der Waals surface area contributed by atoms with Gasteiger partial charge in [-0.05, 0) is 31.2 Å². The lowest BCUT2D eigenvalue weighted by molar-refractivity contribution is 0.557. The summed E-state index contributed by atoms with van der Waals surface area (Å²) in [5, 5.41) is 0.283. The lowest BCUT2D eigenvalue weighted by atomic mass is 10.2. The highest BCUT2D eigenvalue weighted by Crippen LogP contribution is 2.30. The summed E-state index contributed by atoms with van der Waals surface area (Å²) in [5.41, 5.74) is 0.203. The van der Waals surface area contributed by atoms with Gasteiger partial charge in [-0.2, -0.15) is 0 Å². The summed E-state index contributed by atoms with van der Waals surface area (Å²) in [4.78, 5) is 21.0. The highest BCUT2D eigenvalue weighted by Gasteiger charge is 2.24. The molecule has 0 amide bonds. The van der Waals surface area contributed by atoms with Crippen LogP contribution in [0.1, 0.15) is 38.4 Å². The van der Waals surface area contributed by atoms with E-state index >= 15 is 0 Å². The van der Waals surface area contributed by atoms with Crippen molar-refractivity contribution in [2.75, 3.05) is 0 Å². The maximum absolute atomic E-state index is 13.3. The Morgan fingerprint density at radius 2 is 2.25 bits per heavy atom. The first-order valence-corrected chi connectivity index (χ1v) is 7.24. The Balaban J connectivity index is 2.13. The molecule has 1 aliphatic carbocycles. The molecule has 0 radical (unpaired) electrons. The van der Waals surface area contributed by atoms with Crippen LogP contribution in [-0.4, -0.2) is 14.5 Å². The van der Waals surface area contributed by atoms with E-state index in [1.807, 2.05) is 0 Å². The van der Waals surface area contributed by atoms with Crippen LogP contribution in [0.2, 0.25) is 0 Å². The van der Waals surface area contributed by atoms with Crippen LogP contribution in [0, 0.1) is 11.7 Å². The summed E-state index contributed by atoms with van der Waals surface area (Å²) >= 11 is 0. The predicted octanol–water partition coefficient (Wildman–Crippen LogP) is 2.68. The molecule has 0 spiro atoms. The van der Waals surface area contributed by atoms with E-state index in [1.54, 1.807) is 4.57 Å². The molecule has 1 aliphatic rings. The van der Waals surface area contributed by atoms with Gasteiger partial charge in [0.05, 0.1) is 11.6 Å². The number of hydrogen-bond donors (Lipinski definition) is 0. The summed E-state index contributed by atoms with van der Waals surface area (Å²) in [7, 11) is 0. The minimum atomic E-state index is -0.490. The minimum absolute atomic E-state index is 0.153. The molecule has 2 heterocycles. The Labute approximate surface area is 116 Å². The van der Waals surface area contributed by atoms with Crippen LogP contribution < -0.4 is 5.56 Å². The maximum Gasteiger partial charge on any atom is 0.263 e. The third kappa shape index (κ3) is 2.57. The summed E-state index contributed by atoms with van der Waals surface area (Å²) in [5.74, 6) is 0.875. The molecule has 0 atom stereocenters. The average molecular weight is 275 g/mol. The standard InChI is InChI=1S/C15H18FN3O/c1-2-3-4-13-18-14-12(7-11(16)8-17-14)15(20)19(13)9-10-5-6-10/h7-8,10H,2-6,9H2,1H3. The highest BCUT2D eigenvalue weighted by atomic mass is 19.1. The number of hydrogen-bond acceptors (Lipinski definition) is 3. The van der Waals surface area contributed by atoms with Crippen molar-refractivity contribution < 1.29 is 4.39 Å². The zero-order valence-corrected chi connectivity index (χ0v) is 11.6. The SMILES string of the molecule is CCCCc1nc2ncc(F)cc2c(=O)n1CC1CC1. The van der Waals surface area contributed by atoms with E-state index in [2.05, 4.69) is 16.9 Å². The van der Waals surface area contributed by atoms with E-state index in [9.17, 15) is 9.18 Å². The van der Waals surface area contributed by atoms with Gasteiger partial charge in [0.25, 0.3) is 5.56 Å². The molecule has 0 N–H and O–H groups in total. The molecule has 1 fully saturated rings. The molecule has 20 heavy (non-hydrogen) atoms. The largest absolute Gasteiger partial charge is 0.296 e. The predicted molar refractivity (Wildman–Crippen MR) is 75.1 cm³/mol. The minimum Gasteiger partial charge on any atom is -0.296 e. The van der Waals surface area contributed by atoms with E-state index < -0.39 is 5.82 Å². The molecule has 0 aromatic carbocycles. The number of rotatable bonds is 5. The number of aryl methyl sites for hydroxylation is 1. The van der Waals surface area contributed by atoms with Gasteiger partial charge in [0, 0.05) is 13.0 Å². The van der Waals surface area contributed by atoms with Crippen LogP contribution in [0.3, 0.4) is 0 Å². The number of pyridine rings is 1. The number of aromatic nitrogens is 3. The second kappa shape index (κ2) is 5.31. The molecule has 5 heteroatoms. The van der Waals surface area contributed by atoms with E-state index in [0.717, 1.165) is 31.3 Å². The van der Waals surface area contributed by atoms with Crippen LogP contribution in [0.4, 0.5) is 4.39 Å². The fraction of sp³-hybridized carbons (Fsp3) is 0.533. The van der Waals surface area contributed by atoms with Gasteiger partial charge in [-0.3, -0.25) is 9.36 Å². The Bertz CT molecular complexity index is 691. The fourth-order valence-corrected chi connectivity index (χ4v) is 2.40. The van der Waals surface area contributed by atoms with Crippen molar-refractivity contribution in [3.63, 3.8) is 0 Å². The molecule has 0 bridgehead atoms. The fourth-order valence-electron chi connectivity index (χ4n) is 2.40. The molecule has 0 unspecified atom stereocenters. The third-order valence-electron chi connectivity index (χ3n) is 3.75. The molecule has 2 aromatic rings. The van der Waals surface area contributed by atoms with E-state index in [1.165, 1.54) is 18.9 Å². The maximum atomic E-state index is 13.3. The summed E-state index contributed by atoms with van der Waals surface area (Å²) in [6.07, 6.45) is 6.26. The third-order valence-corrected chi connectivity index (χ3v) is 3.75. The zero-order chi connectivity index (χ0) is 14.1. The number of nitrogens with zero attached hydrogens (tertiary/aromatic N) is 3. The van der Waals surface area contributed by atoms with Crippen molar-refractivity contribution in [1.82, 2.24) is 14.5 Å². The second-order valence-electron chi connectivity index (χ2n) is 5.52. The van der Waals surface area contributed by atoms with Gasteiger partial charge in [0.15, 0.2) is 5.65 Å². The molecule has 1 saturated carbocycles. The van der Waals surface area contributed by atoms with Crippen molar-refractivity contribution >= 4 is 11.0 Å². The van der Waals surface area contributed by atoms with Crippen molar-refractivity contribution in [3.05, 3.63) is 34.3 Å². The van der Waals surface area contributed by atoms with Gasteiger partial charge < -0.3 is 0 Å². The number of unbranched alkanes of at least 4 members (excludes halogenated alkanes) is 1. The van der Waals surface area contributed by atoms with Gasteiger partial charge in [-0.25, -0.2) is 14.4 Å². The first kappa shape index (κ1) is 13.2. The van der Waals surface area contributed by atoms with Gasteiger partial charge in [0.1, 0.15) is 11.6 Å². The molecule has 0 saturated heterocycles. The van der Waals surface area contributed by atoms with Gasteiger partial charge >= 0.3 is 0 Å². The Hall–Kier alpha value is -1.78. The lowest BCUT2D eigenvalue weighted by Crippen LogP contribution is -2.26. The Kier molecular flexibility index (Phi) is 3.51. The topological polar surface area (TPSA) is 47.8 Å². The molecule has 4 nitrogen and oxygen atoms in total. The van der Waals surface area contributed by atoms with Gasteiger partial charge in [0.2, 0.25) is 0 Å². The van der Waals surface area contributed by atoms with Crippen LogP contribution in [-0.2, 0) is 13.0 Å². The Morgan fingerprint density at radius 1 is 1.45 bits per heavy atom. The molecule has 2 aromatic heterocycles. The summed E-state index contributed by atoms with van der Waals surface area (Å²) < 4.78 is 15.0.